The maximum Gasteiger partial charge on any atom is 0.282 e. The lowest BCUT2D eigenvalue weighted by Gasteiger charge is -2.12. The van der Waals surface area contributed by atoms with Gasteiger partial charge in [0.25, 0.3) is 11.6 Å². The first-order valence-corrected chi connectivity index (χ1v) is 5.57. The van der Waals surface area contributed by atoms with E-state index >= 15 is 0 Å². The third kappa shape index (κ3) is 3.68. The van der Waals surface area contributed by atoms with Crippen molar-refractivity contribution in [3.8, 4) is 0 Å². The van der Waals surface area contributed by atoms with E-state index in [4.69, 9.17) is 16.3 Å². The van der Waals surface area contributed by atoms with Crippen molar-refractivity contribution in [1.82, 2.24) is 5.32 Å². The number of nitro groups is 1. The summed E-state index contributed by atoms with van der Waals surface area (Å²) in [5.74, 6) is -0.547. The van der Waals surface area contributed by atoms with Crippen LogP contribution in [0, 0.1) is 10.1 Å². The molecule has 0 aliphatic heterocycles. The molecule has 0 fully saturated rings. The summed E-state index contributed by atoms with van der Waals surface area (Å²) < 4.78 is 4.87. The summed E-state index contributed by atoms with van der Waals surface area (Å²) in [4.78, 5) is 22.1. The molecule has 1 unspecified atom stereocenters. The Kier molecular flexibility index (Phi) is 5.06. The first-order valence-electron chi connectivity index (χ1n) is 5.19. The van der Waals surface area contributed by atoms with Gasteiger partial charge in [0, 0.05) is 24.2 Å². The third-order valence-corrected chi connectivity index (χ3v) is 2.43. The highest BCUT2D eigenvalue weighted by molar-refractivity contribution is 6.31. The summed E-state index contributed by atoms with van der Waals surface area (Å²) in [6.07, 6.45) is 0. The van der Waals surface area contributed by atoms with E-state index in [1.807, 2.05) is 0 Å². The number of nitro benzene ring substituents is 1. The molecule has 1 aromatic rings. The van der Waals surface area contributed by atoms with Crippen LogP contribution >= 0.6 is 11.6 Å². The Morgan fingerprint density at radius 2 is 2.28 bits per heavy atom. The molecular weight excluding hydrogens is 260 g/mol. The zero-order valence-electron chi connectivity index (χ0n) is 9.97. The normalized spacial score (nSPS) is 11.9. The number of rotatable bonds is 5. The van der Waals surface area contributed by atoms with Crippen molar-refractivity contribution in [3.63, 3.8) is 0 Å². The van der Waals surface area contributed by atoms with Gasteiger partial charge in [-0.05, 0) is 19.1 Å². The highest BCUT2D eigenvalue weighted by Gasteiger charge is 2.21. The second kappa shape index (κ2) is 6.32. The lowest BCUT2D eigenvalue weighted by Crippen LogP contribution is -2.35. The molecule has 1 atom stereocenters. The summed E-state index contributed by atoms with van der Waals surface area (Å²) in [6.45, 7) is 2.05. The van der Waals surface area contributed by atoms with E-state index in [9.17, 15) is 14.9 Å². The number of hydrogen-bond donors (Lipinski definition) is 1. The van der Waals surface area contributed by atoms with Crippen molar-refractivity contribution in [1.29, 1.82) is 0 Å². The van der Waals surface area contributed by atoms with Gasteiger partial charge in [0.05, 0.1) is 11.5 Å². The number of halogens is 1. The van der Waals surface area contributed by atoms with Gasteiger partial charge in [-0.25, -0.2) is 0 Å². The molecule has 0 radical (unpaired) electrons. The minimum atomic E-state index is -0.619. The Hall–Kier alpha value is -1.66. The molecule has 98 valence electrons. The van der Waals surface area contributed by atoms with E-state index in [2.05, 4.69) is 5.32 Å². The summed E-state index contributed by atoms with van der Waals surface area (Å²) in [6, 6.07) is 3.60. The average Bonchev–Trinajstić information content (AvgIpc) is 2.28. The predicted molar refractivity (Wildman–Crippen MR) is 66.9 cm³/mol. The van der Waals surface area contributed by atoms with Gasteiger partial charge in [0.2, 0.25) is 0 Å². The van der Waals surface area contributed by atoms with Crippen LogP contribution in [0.5, 0.6) is 0 Å². The van der Waals surface area contributed by atoms with Crippen LogP contribution < -0.4 is 5.32 Å². The quantitative estimate of drug-likeness (QED) is 0.657. The van der Waals surface area contributed by atoms with Gasteiger partial charge >= 0.3 is 0 Å². The smallest absolute Gasteiger partial charge is 0.282 e. The highest BCUT2D eigenvalue weighted by Crippen LogP contribution is 2.22. The molecule has 0 spiro atoms. The van der Waals surface area contributed by atoms with Crippen molar-refractivity contribution in [2.45, 2.75) is 13.0 Å². The van der Waals surface area contributed by atoms with Crippen LogP contribution in [0.25, 0.3) is 0 Å². The molecule has 6 nitrogen and oxygen atoms in total. The van der Waals surface area contributed by atoms with Crippen molar-refractivity contribution < 1.29 is 14.5 Å². The summed E-state index contributed by atoms with van der Waals surface area (Å²) in [5.41, 5.74) is -0.336. The van der Waals surface area contributed by atoms with E-state index in [0.29, 0.717) is 6.61 Å². The summed E-state index contributed by atoms with van der Waals surface area (Å²) >= 11 is 5.74. The topological polar surface area (TPSA) is 81.5 Å². The van der Waals surface area contributed by atoms with Gasteiger partial charge < -0.3 is 10.1 Å². The van der Waals surface area contributed by atoms with E-state index in [1.165, 1.54) is 25.3 Å². The number of carbonyl (C=O) groups excluding carboxylic acids is 1. The van der Waals surface area contributed by atoms with Crippen LogP contribution in [0.1, 0.15) is 17.3 Å². The number of carbonyl (C=O) groups is 1. The largest absolute Gasteiger partial charge is 0.383 e. The molecule has 1 N–H and O–H groups in total. The van der Waals surface area contributed by atoms with Gasteiger partial charge in [-0.2, -0.15) is 0 Å². The van der Waals surface area contributed by atoms with Crippen LogP contribution in [0.4, 0.5) is 5.69 Å². The number of benzene rings is 1. The maximum atomic E-state index is 11.9. The monoisotopic (exact) mass is 272 g/mol. The minimum absolute atomic E-state index is 0.0598. The number of methoxy groups -OCH3 is 1. The second-order valence-corrected chi connectivity index (χ2v) is 4.18. The van der Waals surface area contributed by atoms with Crippen molar-refractivity contribution in [2.24, 2.45) is 0 Å². The second-order valence-electron chi connectivity index (χ2n) is 3.75. The van der Waals surface area contributed by atoms with Crippen LogP contribution in [0.2, 0.25) is 5.02 Å². The molecule has 0 saturated heterocycles. The Morgan fingerprint density at radius 3 is 2.83 bits per heavy atom. The van der Waals surface area contributed by atoms with Crippen molar-refractivity contribution in [3.05, 3.63) is 38.9 Å². The minimum Gasteiger partial charge on any atom is -0.383 e. The number of nitrogens with one attached hydrogen (secondary N) is 1. The first kappa shape index (κ1) is 14.4. The van der Waals surface area contributed by atoms with Crippen LogP contribution in [0.3, 0.4) is 0 Å². The first-order chi connectivity index (χ1) is 8.45. The fourth-order valence-electron chi connectivity index (χ4n) is 1.44. The van der Waals surface area contributed by atoms with Crippen LogP contribution in [0.15, 0.2) is 18.2 Å². The van der Waals surface area contributed by atoms with E-state index in [-0.39, 0.29) is 22.3 Å². The van der Waals surface area contributed by atoms with Gasteiger partial charge in [-0.3, -0.25) is 14.9 Å². The van der Waals surface area contributed by atoms with E-state index in [0.717, 1.165) is 0 Å². The van der Waals surface area contributed by atoms with Gasteiger partial charge in [0.15, 0.2) is 0 Å². The predicted octanol–water partition coefficient (Wildman–Crippen LogP) is 2.01. The Morgan fingerprint density at radius 1 is 1.61 bits per heavy atom. The molecule has 0 heterocycles. The number of ether oxygens (including phenoxy) is 1. The fraction of sp³-hybridized carbons (Fsp3) is 0.364. The highest BCUT2D eigenvalue weighted by atomic mass is 35.5. The molecule has 18 heavy (non-hydrogen) atoms. The zero-order chi connectivity index (χ0) is 13.7. The van der Waals surface area contributed by atoms with Crippen molar-refractivity contribution in [2.75, 3.05) is 13.7 Å². The number of hydrogen-bond acceptors (Lipinski definition) is 4. The van der Waals surface area contributed by atoms with Gasteiger partial charge in [-0.1, -0.05) is 11.6 Å². The molecule has 0 aromatic heterocycles. The van der Waals surface area contributed by atoms with E-state index < -0.39 is 10.8 Å². The van der Waals surface area contributed by atoms with Gasteiger partial charge in [0.1, 0.15) is 5.56 Å². The standard InChI is InChI=1S/C11H13ClN2O4/c1-7(6-18-2)13-11(15)9-5-8(12)3-4-10(9)14(16)17/h3-5,7H,6H2,1-2H3,(H,13,15). The molecule has 1 amide bonds. The zero-order valence-corrected chi connectivity index (χ0v) is 10.7. The molecular formula is C11H13ClN2O4. The number of nitrogens with zero attached hydrogens (tertiary/aromatic N) is 1. The summed E-state index contributed by atoms with van der Waals surface area (Å²) in [5, 5.41) is 13.7. The lowest BCUT2D eigenvalue weighted by molar-refractivity contribution is -0.385. The third-order valence-electron chi connectivity index (χ3n) is 2.19. The Bertz CT molecular complexity index is 464. The molecule has 0 aliphatic rings. The fourth-order valence-corrected chi connectivity index (χ4v) is 1.61. The van der Waals surface area contributed by atoms with Crippen LogP contribution in [-0.2, 0) is 4.74 Å². The van der Waals surface area contributed by atoms with Crippen molar-refractivity contribution >= 4 is 23.2 Å². The molecule has 1 aromatic carbocycles. The van der Waals surface area contributed by atoms with Crippen LogP contribution in [-0.4, -0.2) is 30.6 Å². The Balaban J connectivity index is 2.97. The molecule has 0 bridgehead atoms. The average molecular weight is 273 g/mol. The molecule has 7 heteroatoms. The lowest BCUT2D eigenvalue weighted by atomic mass is 10.1. The SMILES string of the molecule is COCC(C)NC(=O)c1cc(Cl)ccc1[N+](=O)[O-]. The van der Waals surface area contributed by atoms with Gasteiger partial charge in [-0.15, -0.1) is 0 Å². The summed E-state index contributed by atoms with van der Waals surface area (Å²) in [7, 11) is 1.50. The Labute approximate surface area is 109 Å². The maximum absolute atomic E-state index is 11.9. The molecule has 1 rings (SSSR count). The number of amides is 1. The molecule has 0 saturated carbocycles. The van der Waals surface area contributed by atoms with E-state index in [1.54, 1.807) is 6.92 Å². The molecule has 0 aliphatic carbocycles.